The topological polar surface area (TPSA) is 47.3 Å². The van der Waals surface area contributed by atoms with Crippen LogP contribution in [0.5, 0.6) is 5.75 Å². The van der Waals surface area contributed by atoms with Gasteiger partial charge in [0.15, 0.2) is 5.16 Å². The molecule has 1 aromatic carbocycles. The Kier molecular flexibility index (Phi) is 5.13. The molecule has 0 aliphatic carbocycles. The average Bonchev–Trinajstić information content (AvgIpc) is 2.81. The maximum absolute atomic E-state index is 9.85. The van der Waals surface area contributed by atoms with E-state index in [-0.39, 0.29) is 6.61 Å². The van der Waals surface area contributed by atoms with Crippen LogP contribution in [0.1, 0.15) is 0 Å². The van der Waals surface area contributed by atoms with Gasteiger partial charge in [0.25, 0.3) is 0 Å². The van der Waals surface area contributed by atoms with Gasteiger partial charge in [-0.15, -0.1) is 0 Å². The Morgan fingerprint density at radius 3 is 2.79 bits per heavy atom. The Morgan fingerprint density at radius 1 is 1.42 bits per heavy atom. The Hall–Kier alpha value is -1.17. The molecule has 1 unspecified atom stereocenters. The normalized spacial score (nSPS) is 12.4. The van der Waals surface area contributed by atoms with Crippen LogP contribution in [0.15, 0.2) is 41.8 Å². The Morgan fingerprint density at radius 2 is 2.16 bits per heavy atom. The lowest BCUT2D eigenvalue weighted by molar-refractivity contribution is 0.126. The molecule has 0 saturated heterocycles. The first-order valence-electron chi connectivity index (χ1n) is 5.81. The number of aryl methyl sites for hydroxylation is 1. The van der Waals surface area contributed by atoms with Crippen LogP contribution in [0.25, 0.3) is 0 Å². The molecule has 1 heterocycles. The van der Waals surface area contributed by atoms with E-state index in [0.717, 1.165) is 5.16 Å². The molecular weight excluding hydrogens is 284 g/mol. The van der Waals surface area contributed by atoms with E-state index in [2.05, 4.69) is 4.98 Å². The molecular formula is C13H15ClN2O2S. The molecule has 102 valence electrons. The molecule has 0 radical (unpaired) electrons. The maximum Gasteiger partial charge on any atom is 0.167 e. The van der Waals surface area contributed by atoms with Gasteiger partial charge in [-0.3, -0.25) is 0 Å². The van der Waals surface area contributed by atoms with E-state index in [0.29, 0.717) is 16.5 Å². The highest BCUT2D eigenvalue weighted by Crippen LogP contribution is 2.18. The van der Waals surface area contributed by atoms with Crippen LogP contribution < -0.4 is 4.74 Å². The summed E-state index contributed by atoms with van der Waals surface area (Å²) < 4.78 is 7.39. The first-order chi connectivity index (χ1) is 9.15. The predicted molar refractivity (Wildman–Crippen MR) is 76.9 cm³/mol. The zero-order valence-electron chi connectivity index (χ0n) is 10.5. The van der Waals surface area contributed by atoms with Crippen molar-refractivity contribution in [2.75, 3.05) is 12.4 Å². The van der Waals surface area contributed by atoms with Crippen molar-refractivity contribution in [1.82, 2.24) is 9.55 Å². The fourth-order valence-electron chi connectivity index (χ4n) is 1.43. The van der Waals surface area contributed by atoms with Crippen molar-refractivity contribution in [2.24, 2.45) is 7.05 Å². The van der Waals surface area contributed by atoms with Gasteiger partial charge in [0.05, 0.1) is 6.10 Å². The van der Waals surface area contributed by atoms with E-state index in [1.54, 1.807) is 30.5 Å². The molecule has 1 atom stereocenters. The Labute approximate surface area is 121 Å². The smallest absolute Gasteiger partial charge is 0.167 e. The number of benzene rings is 1. The minimum absolute atomic E-state index is 0.249. The Bertz CT molecular complexity index is 516. The summed E-state index contributed by atoms with van der Waals surface area (Å²) in [6.45, 7) is 0.249. The number of imidazole rings is 1. The number of aliphatic hydroxyl groups is 1. The second-order valence-corrected chi connectivity index (χ2v) is 5.47. The quantitative estimate of drug-likeness (QED) is 0.833. The second-order valence-electron chi connectivity index (χ2n) is 4.05. The molecule has 0 amide bonds. The van der Waals surface area contributed by atoms with Crippen molar-refractivity contribution in [3.8, 4) is 5.75 Å². The molecule has 1 aromatic heterocycles. The molecule has 6 heteroatoms. The average molecular weight is 299 g/mol. The van der Waals surface area contributed by atoms with E-state index < -0.39 is 6.10 Å². The van der Waals surface area contributed by atoms with Crippen LogP contribution in [0.2, 0.25) is 5.02 Å². The summed E-state index contributed by atoms with van der Waals surface area (Å²) in [5, 5.41) is 11.4. The summed E-state index contributed by atoms with van der Waals surface area (Å²) >= 11 is 7.28. The standard InChI is InChI=1S/C13H15ClN2O2S/c1-16-7-6-15-13(16)19-9-11(17)8-18-12-4-2-10(14)3-5-12/h2-7,11,17H,8-9H2,1H3. The number of hydrogen-bond donors (Lipinski definition) is 1. The zero-order valence-corrected chi connectivity index (χ0v) is 12.1. The molecule has 0 fully saturated rings. The highest BCUT2D eigenvalue weighted by Gasteiger charge is 2.08. The van der Waals surface area contributed by atoms with Crippen LogP contribution in [0, 0.1) is 0 Å². The van der Waals surface area contributed by atoms with Crippen molar-refractivity contribution in [1.29, 1.82) is 0 Å². The molecule has 19 heavy (non-hydrogen) atoms. The summed E-state index contributed by atoms with van der Waals surface area (Å²) in [5.74, 6) is 1.24. The van der Waals surface area contributed by atoms with Gasteiger partial charge in [0, 0.05) is 30.2 Å². The van der Waals surface area contributed by atoms with E-state index in [9.17, 15) is 5.11 Å². The summed E-state index contributed by atoms with van der Waals surface area (Å²) in [6, 6.07) is 7.07. The highest BCUT2D eigenvalue weighted by molar-refractivity contribution is 7.99. The summed E-state index contributed by atoms with van der Waals surface area (Å²) in [7, 11) is 1.92. The number of aromatic nitrogens is 2. The third kappa shape index (κ3) is 4.45. The number of halogens is 1. The molecule has 0 bridgehead atoms. The minimum Gasteiger partial charge on any atom is -0.491 e. The fraction of sp³-hybridized carbons (Fsp3) is 0.308. The van der Waals surface area contributed by atoms with E-state index in [1.807, 2.05) is 17.8 Å². The first kappa shape index (κ1) is 14.2. The molecule has 1 N–H and O–H groups in total. The number of nitrogens with zero attached hydrogens (tertiary/aromatic N) is 2. The minimum atomic E-state index is -0.544. The summed E-state index contributed by atoms with van der Waals surface area (Å²) in [4.78, 5) is 4.18. The lowest BCUT2D eigenvalue weighted by Gasteiger charge is -2.12. The first-order valence-corrected chi connectivity index (χ1v) is 7.18. The van der Waals surface area contributed by atoms with Crippen LogP contribution in [-0.2, 0) is 7.05 Å². The van der Waals surface area contributed by atoms with Gasteiger partial charge in [0.2, 0.25) is 0 Å². The van der Waals surface area contributed by atoms with Crippen LogP contribution in [0.3, 0.4) is 0 Å². The summed E-state index contributed by atoms with van der Waals surface area (Å²) in [5.41, 5.74) is 0. The number of rotatable bonds is 6. The van der Waals surface area contributed by atoms with Crippen molar-refractivity contribution in [2.45, 2.75) is 11.3 Å². The second kappa shape index (κ2) is 6.84. The molecule has 0 spiro atoms. The van der Waals surface area contributed by atoms with Gasteiger partial charge in [-0.05, 0) is 24.3 Å². The number of ether oxygens (including phenoxy) is 1. The lowest BCUT2D eigenvalue weighted by Crippen LogP contribution is -2.20. The maximum atomic E-state index is 9.85. The number of thioether (sulfide) groups is 1. The van der Waals surface area contributed by atoms with Gasteiger partial charge in [0.1, 0.15) is 12.4 Å². The van der Waals surface area contributed by atoms with Gasteiger partial charge < -0.3 is 14.4 Å². The highest BCUT2D eigenvalue weighted by atomic mass is 35.5. The van der Waals surface area contributed by atoms with Crippen molar-refractivity contribution in [3.05, 3.63) is 41.7 Å². The molecule has 2 rings (SSSR count). The lowest BCUT2D eigenvalue weighted by atomic mass is 10.3. The van der Waals surface area contributed by atoms with E-state index >= 15 is 0 Å². The zero-order chi connectivity index (χ0) is 13.7. The number of aliphatic hydroxyl groups excluding tert-OH is 1. The third-order valence-corrected chi connectivity index (χ3v) is 3.89. The predicted octanol–water partition coefficient (Wildman–Crippen LogP) is 2.61. The van der Waals surface area contributed by atoms with Crippen molar-refractivity contribution in [3.63, 3.8) is 0 Å². The van der Waals surface area contributed by atoms with Crippen LogP contribution in [-0.4, -0.2) is 33.1 Å². The van der Waals surface area contributed by atoms with Gasteiger partial charge in [-0.1, -0.05) is 23.4 Å². The van der Waals surface area contributed by atoms with Gasteiger partial charge >= 0.3 is 0 Å². The fourth-order valence-corrected chi connectivity index (χ4v) is 2.40. The molecule has 4 nitrogen and oxygen atoms in total. The SMILES string of the molecule is Cn1ccnc1SCC(O)COc1ccc(Cl)cc1. The molecule has 0 aliphatic rings. The number of hydrogen-bond acceptors (Lipinski definition) is 4. The van der Waals surface area contributed by atoms with Gasteiger partial charge in [-0.25, -0.2) is 4.98 Å². The third-order valence-electron chi connectivity index (χ3n) is 2.44. The molecule has 0 saturated carbocycles. The van der Waals surface area contributed by atoms with E-state index in [1.165, 1.54) is 11.8 Å². The van der Waals surface area contributed by atoms with E-state index in [4.69, 9.17) is 16.3 Å². The van der Waals surface area contributed by atoms with Crippen LogP contribution >= 0.6 is 23.4 Å². The van der Waals surface area contributed by atoms with Gasteiger partial charge in [-0.2, -0.15) is 0 Å². The molecule has 2 aromatic rings. The van der Waals surface area contributed by atoms with Crippen molar-refractivity contribution >= 4 is 23.4 Å². The van der Waals surface area contributed by atoms with Crippen molar-refractivity contribution < 1.29 is 9.84 Å². The molecule has 0 aliphatic heterocycles. The largest absolute Gasteiger partial charge is 0.491 e. The van der Waals surface area contributed by atoms with Crippen LogP contribution in [0.4, 0.5) is 0 Å². The monoisotopic (exact) mass is 298 g/mol. The Balaban J connectivity index is 1.74. The summed E-state index contributed by atoms with van der Waals surface area (Å²) in [6.07, 6.45) is 3.06.